The molecule has 3 nitrogen and oxygen atoms in total. The first-order valence-electron chi connectivity index (χ1n) is 4.74. The van der Waals surface area contributed by atoms with Crippen LogP contribution in [0.3, 0.4) is 0 Å². The van der Waals surface area contributed by atoms with E-state index >= 15 is 0 Å². The molecule has 0 aromatic heterocycles. The van der Waals surface area contributed by atoms with Crippen molar-refractivity contribution < 1.29 is 19.0 Å². The molecule has 1 unspecified atom stereocenters. The molecule has 1 aromatic carbocycles. The van der Waals surface area contributed by atoms with Crippen molar-refractivity contribution in [3.8, 4) is 0 Å². The molecule has 0 saturated heterocycles. The maximum atomic E-state index is 13.7. The molecule has 16 heavy (non-hydrogen) atoms. The number of carboxylic acids is 1. The predicted octanol–water partition coefficient (Wildman–Crippen LogP) is 2.92. The molecule has 5 heteroatoms. The Morgan fingerprint density at radius 3 is 2.69 bits per heavy atom. The molecule has 1 aromatic rings. The Balaban J connectivity index is 3.26. The molecule has 1 atom stereocenters. The Morgan fingerprint density at radius 2 is 2.25 bits per heavy atom. The summed E-state index contributed by atoms with van der Waals surface area (Å²) in [6, 6.07) is 4.21. The van der Waals surface area contributed by atoms with E-state index in [2.05, 4.69) is 15.9 Å². The van der Waals surface area contributed by atoms with E-state index in [-0.39, 0.29) is 12.2 Å². The predicted molar refractivity (Wildman–Crippen MR) is 60.7 cm³/mol. The van der Waals surface area contributed by atoms with Crippen molar-refractivity contribution in [3.63, 3.8) is 0 Å². The minimum Gasteiger partial charge on any atom is -0.479 e. The molecule has 0 aliphatic carbocycles. The molecule has 1 rings (SSSR count). The van der Waals surface area contributed by atoms with Gasteiger partial charge in [0.1, 0.15) is 5.82 Å². The number of carbonyl (C=O) groups is 1. The molecule has 0 spiro atoms. The van der Waals surface area contributed by atoms with Gasteiger partial charge in [0, 0.05) is 16.6 Å². The first-order valence-corrected chi connectivity index (χ1v) is 5.54. The lowest BCUT2D eigenvalue weighted by atomic mass is 9.95. The lowest BCUT2D eigenvalue weighted by Crippen LogP contribution is -2.36. The van der Waals surface area contributed by atoms with Crippen molar-refractivity contribution in [1.29, 1.82) is 0 Å². The van der Waals surface area contributed by atoms with E-state index in [1.165, 1.54) is 19.1 Å². The second-order valence-corrected chi connectivity index (χ2v) is 4.31. The van der Waals surface area contributed by atoms with Crippen LogP contribution >= 0.6 is 15.9 Å². The summed E-state index contributed by atoms with van der Waals surface area (Å²) in [6.07, 6.45) is 0. The third-order valence-electron chi connectivity index (χ3n) is 2.29. The average Bonchev–Trinajstić information content (AvgIpc) is 2.17. The highest BCUT2D eigenvalue weighted by molar-refractivity contribution is 9.10. The summed E-state index contributed by atoms with van der Waals surface area (Å²) in [5.41, 5.74) is -1.63. The van der Waals surface area contributed by atoms with Gasteiger partial charge in [0.05, 0.1) is 0 Å². The molecule has 88 valence electrons. The van der Waals surface area contributed by atoms with Gasteiger partial charge in [-0.3, -0.25) is 0 Å². The highest BCUT2D eigenvalue weighted by atomic mass is 79.9. The van der Waals surface area contributed by atoms with Crippen LogP contribution in [0.25, 0.3) is 0 Å². The summed E-state index contributed by atoms with van der Waals surface area (Å²) in [5, 5.41) is 9.11. The minimum absolute atomic E-state index is 0.0186. The summed E-state index contributed by atoms with van der Waals surface area (Å²) in [5.74, 6) is -1.82. The van der Waals surface area contributed by atoms with Gasteiger partial charge in [0.15, 0.2) is 5.60 Å². The van der Waals surface area contributed by atoms with Gasteiger partial charge in [0.2, 0.25) is 0 Å². The van der Waals surface area contributed by atoms with Crippen molar-refractivity contribution >= 4 is 21.9 Å². The minimum atomic E-state index is -1.65. The van der Waals surface area contributed by atoms with Gasteiger partial charge in [-0.2, -0.15) is 0 Å². The quantitative estimate of drug-likeness (QED) is 0.927. The van der Waals surface area contributed by atoms with Gasteiger partial charge in [-0.1, -0.05) is 22.0 Å². The molecule has 0 aliphatic rings. The fourth-order valence-electron chi connectivity index (χ4n) is 1.42. The summed E-state index contributed by atoms with van der Waals surface area (Å²) < 4.78 is 19.4. The maximum absolute atomic E-state index is 13.7. The third kappa shape index (κ3) is 2.41. The van der Waals surface area contributed by atoms with Crippen LogP contribution < -0.4 is 0 Å². The van der Waals surface area contributed by atoms with Crippen LogP contribution in [-0.4, -0.2) is 17.7 Å². The van der Waals surface area contributed by atoms with Crippen LogP contribution in [0.2, 0.25) is 0 Å². The van der Waals surface area contributed by atoms with Crippen LogP contribution in [0.4, 0.5) is 4.39 Å². The topological polar surface area (TPSA) is 46.5 Å². The van der Waals surface area contributed by atoms with Crippen LogP contribution in [0.15, 0.2) is 22.7 Å². The van der Waals surface area contributed by atoms with Crippen LogP contribution in [0.5, 0.6) is 0 Å². The lowest BCUT2D eigenvalue weighted by molar-refractivity contribution is -0.165. The Kier molecular flexibility index (Phi) is 4.04. The fraction of sp³-hybridized carbons (Fsp3) is 0.364. The van der Waals surface area contributed by atoms with Crippen molar-refractivity contribution in [2.75, 3.05) is 6.61 Å². The van der Waals surface area contributed by atoms with Crippen molar-refractivity contribution in [2.45, 2.75) is 19.4 Å². The normalized spacial score (nSPS) is 14.5. The van der Waals surface area contributed by atoms with Crippen LogP contribution in [0, 0.1) is 5.82 Å². The highest BCUT2D eigenvalue weighted by Crippen LogP contribution is 2.29. The van der Waals surface area contributed by atoms with Gasteiger partial charge in [-0.25, -0.2) is 9.18 Å². The van der Waals surface area contributed by atoms with Crippen LogP contribution in [-0.2, 0) is 15.1 Å². The number of carboxylic acid groups (broad SMARTS) is 1. The summed E-state index contributed by atoms with van der Waals surface area (Å²) in [4.78, 5) is 11.1. The number of hydrogen-bond donors (Lipinski definition) is 1. The molecule has 1 N–H and O–H groups in total. The van der Waals surface area contributed by atoms with E-state index in [9.17, 15) is 9.18 Å². The zero-order chi connectivity index (χ0) is 12.3. The largest absolute Gasteiger partial charge is 0.479 e. The zero-order valence-corrected chi connectivity index (χ0v) is 10.5. The van der Waals surface area contributed by atoms with E-state index in [0.29, 0.717) is 4.47 Å². The first kappa shape index (κ1) is 13.1. The monoisotopic (exact) mass is 290 g/mol. The molecule has 0 bridgehead atoms. The summed E-state index contributed by atoms with van der Waals surface area (Å²) in [7, 11) is 0. The van der Waals surface area contributed by atoms with E-state index < -0.39 is 17.4 Å². The molecule has 0 amide bonds. The number of aliphatic carboxylic acids is 1. The SMILES string of the molecule is CCOC(C)(C(=O)O)c1ccc(Br)cc1F. The van der Waals surface area contributed by atoms with Gasteiger partial charge >= 0.3 is 5.97 Å². The number of ether oxygens (including phenoxy) is 1. The molecular weight excluding hydrogens is 279 g/mol. The molecule has 0 aliphatic heterocycles. The zero-order valence-electron chi connectivity index (χ0n) is 8.96. The standard InChI is InChI=1S/C11H12BrFO3/c1-3-16-11(2,10(14)15)8-5-4-7(12)6-9(8)13/h4-6H,3H2,1-2H3,(H,14,15). The number of benzene rings is 1. The molecule has 0 fully saturated rings. The number of rotatable bonds is 4. The van der Waals surface area contributed by atoms with Crippen molar-refractivity contribution in [3.05, 3.63) is 34.1 Å². The Labute approximate surface area is 101 Å². The van der Waals surface area contributed by atoms with Gasteiger partial charge in [0.25, 0.3) is 0 Å². The average molecular weight is 291 g/mol. The van der Waals surface area contributed by atoms with Crippen molar-refractivity contribution in [1.82, 2.24) is 0 Å². The van der Waals surface area contributed by atoms with E-state index in [4.69, 9.17) is 9.84 Å². The molecule has 0 radical (unpaired) electrons. The third-order valence-corrected chi connectivity index (χ3v) is 2.78. The molecular formula is C11H12BrFO3. The maximum Gasteiger partial charge on any atom is 0.340 e. The van der Waals surface area contributed by atoms with Gasteiger partial charge in [-0.15, -0.1) is 0 Å². The van der Waals surface area contributed by atoms with E-state index in [0.717, 1.165) is 0 Å². The summed E-state index contributed by atoms with van der Waals surface area (Å²) >= 11 is 3.11. The molecule has 0 heterocycles. The summed E-state index contributed by atoms with van der Waals surface area (Å²) in [6.45, 7) is 3.20. The van der Waals surface area contributed by atoms with Gasteiger partial charge < -0.3 is 9.84 Å². The Bertz CT molecular complexity index is 408. The van der Waals surface area contributed by atoms with Gasteiger partial charge in [-0.05, 0) is 26.0 Å². The number of hydrogen-bond acceptors (Lipinski definition) is 2. The fourth-order valence-corrected chi connectivity index (χ4v) is 1.75. The first-order chi connectivity index (χ1) is 7.41. The smallest absolute Gasteiger partial charge is 0.340 e. The highest BCUT2D eigenvalue weighted by Gasteiger charge is 2.38. The second-order valence-electron chi connectivity index (χ2n) is 3.40. The Hall–Kier alpha value is -0.940. The molecule has 0 saturated carbocycles. The second kappa shape index (κ2) is 4.93. The van der Waals surface area contributed by atoms with Crippen molar-refractivity contribution in [2.24, 2.45) is 0 Å². The number of halogens is 2. The lowest BCUT2D eigenvalue weighted by Gasteiger charge is -2.25. The van der Waals surface area contributed by atoms with Crippen LogP contribution in [0.1, 0.15) is 19.4 Å². The van der Waals surface area contributed by atoms with E-state index in [1.54, 1.807) is 13.0 Å². The van der Waals surface area contributed by atoms with E-state index in [1.807, 2.05) is 0 Å². The Morgan fingerprint density at radius 1 is 1.62 bits per heavy atom.